The lowest BCUT2D eigenvalue weighted by atomic mass is 10.1. The van der Waals surface area contributed by atoms with Crippen molar-refractivity contribution in [3.8, 4) is 11.3 Å². The number of methoxy groups -OCH3 is 1. The number of pyridine rings is 1. The molecule has 0 unspecified atom stereocenters. The van der Waals surface area contributed by atoms with Crippen LogP contribution >= 0.6 is 22.6 Å². The van der Waals surface area contributed by atoms with Gasteiger partial charge >= 0.3 is 5.97 Å². The Morgan fingerprint density at radius 3 is 2.45 bits per heavy atom. The van der Waals surface area contributed by atoms with Crippen molar-refractivity contribution < 1.29 is 9.53 Å². The van der Waals surface area contributed by atoms with Gasteiger partial charge in [-0.15, -0.1) is 0 Å². The molecule has 0 saturated heterocycles. The quantitative estimate of drug-likeness (QED) is 0.476. The second-order valence-electron chi connectivity index (χ2n) is 5.01. The van der Waals surface area contributed by atoms with Gasteiger partial charge in [-0.05, 0) is 11.6 Å². The summed E-state index contributed by atoms with van der Waals surface area (Å²) >= 11 is 2.32. The number of esters is 1. The van der Waals surface area contributed by atoms with Gasteiger partial charge in [-0.1, -0.05) is 46.9 Å². The van der Waals surface area contributed by atoms with E-state index in [-0.39, 0.29) is 5.69 Å². The molecule has 0 amide bonds. The standard InChI is InChI=1S/C16H18IN3O2/c1-20(2)13-8-12(11-6-4-10(9-17)5-7-11)19-15(14(13)18)16(21)22-3/h4-8H,9,18H2,1-3H3. The van der Waals surface area contributed by atoms with Crippen LogP contribution in [-0.4, -0.2) is 32.2 Å². The number of carbonyl (C=O) groups excluding carboxylic acids is 1. The minimum absolute atomic E-state index is 0.140. The predicted molar refractivity (Wildman–Crippen MR) is 97.5 cm³/mol. The molecule has 0 radical (unpaired) electrons. The molecule has 116 valence electrons. The van der Waals surface area contributed by atoms with Crippen LogP contribution in [0, 0.1) is 0 Å². The topological polar surface area (TPSA) is 68.5 Å². The van der Waals surface area contributed by atoms with E-state index in [1.54, 1.807) is 0 Å². The van der Waals surface area contributed by atoms with Gasteiger partial charge in [0.25, 0.3) is 0 Å². The Kier molecular flexibility index (Phi) is 5.23. The number of alkyl halides is 1. The molecule has 0 atom stereocenters. The Labute approximate surface area is 143 Å². The maximum atomic E-state index is 11.9. The van der Waals surface area contributed by atoms with Gasteiger partial charge in [0, 0.05) is 24.1 Å². The van der Waals surface area contributed by atoms with E-state index in [1.165, 1.54) is 12.7 Å². The smallest absolute Gasteiger partial charge is 0.358 e. The second-order valence-corrected chi connectivity index (χ2v) is 5.77. The van der Waals surface area contributed by atoms with Gasteiger partial charge in [0.1, 0.15) is 0 Å². The van der Waals surface area contributed by atoms with Crippen molar-refractivity contribution >= 4 is 39.9 Å². The van der Waals surface area contributed by atoms with Gasteiger partial charge in [0.05, 0.1) is 24.2 Å². The number of nitrogens with two attached hydrogens (primary N) is 1. The summed E-state index contributed by atoms with van der Waals surface area (Å²) in [6.07, 6.45) is 0. The summed E-state index contributed by atoms with van der Waals surface area (Å²) in [5.41, 5.74) is 10.1. The highest BCUT2D eigenvalue weighted by molar-refractivity contribution is 14.1. The van der Waals surface area contributed by atoms with Gasteiger partial charge < -0.3 is 15.4 Å². The lowest BCUT2D eigenvalue weighted by molar-refractivity contribution is 0.0595. The van der Waals surface area contributed by atoms with E-state index in [2.05, 4.69) is 27.6 Å². The molecular formula is C16H18IN3O2. The molecule has 22 heavy (non-hydrogen) atoms. The molecule has 0 aliphatic heterocycles. The number of benzene rings is 1. The van der Waals surface area contributed by atoms with Crippen LogP contribution in [0.5, 0.6) is 0 Å². The molecule has 0 bridgehead atoms. The van der Waals surface area contributed by atoms with Gasteiger partial charge in [-0.2, -0.15) is 0 Å². The summed E-state index contributed by atoms with van der Waals surface area (Å²) in [7, 11) is 5.06. The van der Waals surface area contributed by atoms with Crippen LogP contribution in [0.3, 0.4) is 0 Å². The molecule has 0 aliphatic rings. The Morgan fingerprint density at radius 1 is 1.32 bits per heavy atom. The van der Waals surface area contributed by atoms with Crippen molar-refractivity contribution in [2.75, 3.05) is 31.8 Å². The van der Waals surface area contributed by atoms with Gasteiger partial charge in [-0.25, -0.2) is 9.78 Å². The van der Waals surface area contributed by atoms with E-state index in [0.29, 0.717) is 11.4 Å². The minimum Gasteiger partial charge on any atom is -0.464 e. The molecule has 0 saturated carbocycles. The molecule has 1 aromatic heterocycles. The maximum Gasteiger partial charge on any atom is 0.358 e. The third kappa shape index (κ3) is 3.32. The van der Waals surface area contributed by atoms with E-state index in [9.17, 15) is 4.79 Å². The fraction of sp³-hybridized carbons (Fsp3) is 0.250. The summed E-state index contributed by atoms with van der Waals surface area (Å²) in [4.78, 5) is 18.1. The Balaban J connectivity index is 2.59. The SMILES string of the molecule is COC(=O)c1nc(-c2ccc(CI)cc2)cc(N(C)C)c1N. The van der Waals surface area contributed by atoms with Crippen molar-refractivity contribution in [3.63, 3.8) is 0 Å². The first-order valence-electron chi connectivity index (χ1n) is 6.69. The van der Waals surface area contributed by atoms with Crippen molar-refractivity contribution in [1.29, 1.82) is 0 Å². The van der Waals surface area contributed by atoms with Crippen LogP contribution in [-0.2, 0) is 9.16 Å². The number of hydrogen-bond donors (Lipinski definition) is 1. The number of rotatable bonds is 4. The number of nitrogens with zero attached hydrogens (tertiary/aromatic N) is 2. The fourth-order valence-corrected chi connectivity index (χ4v) is 2.58. The highest BCUT2D eigenvalue weighted by Gasteiger charge is 2.18. The van der Waals surface area contributed by atoms with Crippen LogP contribution in [0.25, 0.3) is 11.3 Å². The zero-order valence-electron chi connectivity index (χ0n) is 12.8. The number of aromatic nitrogens is 1. The number of ether oxygens (including phenoxy) is 1. The molecule has 1 heterocycles. The van der Waals surface area contributed by atoms with E-state index in [4.69, 9.17) is 10.5 Å². The molecule has 2 N–H and O–H groups in total. The highest BCUT2D eigenvalue weighted by Crippen LogP contribution is 2.30. The van der Waals surface area contributed by atoms with Gasteiger partial charge in [0.2, 0.25) is 0 Å². The first kappa shape index (κ1) is 16.5. The molecule has 2 aromatic rings. The Morgan fingerprint density at radius 2 is 1.95 bits per heavy atom. The molecule has 6 heteroatoms. The third-order valence-corrected chi connectivity index (χ3v) is 4.18. The monoisotopic (exact) mass is 411 g/mol. The second kappa shape index (κ2) is 6.95. The number of hydrogen-bond acceptors (Lipinski definition) is 5. The number of halogens is 1. The predicted octanol–water partition coefficient (Wildman–Crippen LogP) is 3.12. The molecule has 0 spiro atoms. The van der Waals surface area contributed by atoms with Crippen LogP contribution in [0.4, 0.5) is 11.4 Å². The molecule has 2 rings (SSSR count). The highest BCUT2D eigenvalue weighted by atomic mass is 127. The normalized spacial score (nSPS) is 10.4. The van der Waals surface area contributed by atoms with E-state index < -0.39 is 5.97 Å². The third-order valence-electron chi connectivity index (χ3n) is 3.30. The van der Waals surface area contributed by atoms with Crippen LogP contribution < -0.4 is 10.6 Å². The fourth-order valence-electron chi connectivity index (χ4n) is 2.08. The van der Waals surface area contributed by atoms with Crippen molar-refractivity contribution in [1.82, 2.24) is 4.98 Å². The van der Waals surface area contributed by atoms with Crippen molar-refractivity contribution in [3.05, 3.63) is 41.6 Å². The Bertz CT molecular complexity index is 685. The Hall–Kier alpha value is -1.83. The summed E-state index contributed by atoms with van der Waals surface area (Å²) in [5.74, 6) is -0.536. The van der Waals surface area contributed by atoms with Crippen LogP contribution in [0.2, 0.25) is 0 Å². The van der Waals surface area contributed by atoms with Crippen LogP contribution in [0.1, 0.15) is 16.1 Å². The van der Waals surface area contributed by atoms with Gasteiger partial charge in [-0.3, -0.25) is 0 Å². The summed E-state index contributed by atoms with van der Waals surface area (Å²) in [6.45, 7) is 0. The lowest BCUT2D eigenvalue weighted by Crippen LogP contribution is -2.16. The number of anilines is 2. The van der Waals surface area contributed by atoms with E-state index in [1.807, 2.05) is 49.3 Å². The molecule has 1 aromatic carbocycles. The van der Waals surface area contributed by atoms with E-state index >= 15 is 0 Å². The lowest BCUT2D eigenvalue weighted by Gasteiger charge is -2.18. The first-order chi connectivity index (χ1) is 10.5. The van der Waals surface area contributed by atoms with Crippen LogP contribution in [0.15, 0.2) is 30.3 Å². The zero-order chi connectivity index (χ0) is 16.3. The zero-order valence-corrected chi connectivity index (χ0v) is 14.9. The average Bonchev–Trinajstić information content (AvgIpc) is 2.54. The molecule has 0 aliphatic carbocycles. The largest absolute Gasteiger partial charge is 0.464 e. The summed E-state index contributed by atoms with van der Waals surface area (Å²) in [6, 6.07) is 9.96. The maximum absolute atomic E-state index is 11.9. The van der Waals surface area contributed by atoms with Gasteiger partial charge in [0.15, 0.2) is 5.69 Å². The molecular weight excluding hydrogens is 393 g/mol. The average molecular weight is 411 g/mol. The van der Waals surface area contributed by atoms with Crippen molar-refractivity contribution in [2.45, 2.75) is 4.43 Å². The molecule has 0 fully saturated rings. The first-order valence-corrected chi connectivity index (χ1v) is 8.22. The number of nitrogen functional groups attached to an aromatic ring is 1. The summed E-state index contributed by atoms with van der Waals surface area (Å²) < 4.78 is 5.73. The summed E-state index contributed by atoms with van der Waals surface area (Å²) in [5, 5.41) is 0. The van der Waals surface area contributed by atoms with Crippen molar-refractivity contribution in [2.24, 2.45) is 0 Å². The number of carbonyl (C=O) groups is 1. The minimum atomic E-state index is -0.536. The van der Waals surface area contributed by atoms with E-state index in [0.717, 1.165) is 15.7 Å². The molecule has 5 nitrogen and oxygen atoms in total.